The molecule has 2 aliphatic rings. The molecule has 0 amide bonds. The van der Waals surface area contributed by atoms with Crippen molar-refractivity contribution in [3.63, 3.8) is 0 Å². The number of hydrogen-bond donors (Lipinski definition) is 1. The summed E-state index contributed by atoms with van der Waals surface area (Å²) < 4.78 is 17.4. The van der Waals surface area contributed by atoms with Gasteiger partial charge in [0.1, 0.15) is 23.3 Å². The van der Waals surface area contributed by atoms with Crippen LogP contribution in [0.3, 0.4) is 0 Å². The summed E-state index contributed by atoms with van der Waals surface area (Å²) in [5, 5.41) is 15.3. The van der Waals surface area contributed by atoms with Gasteiger partial charge in [-0.2, -0.15) is 0 Å². The van der Waals surface area contributed by atoms with Crippen molar-refractivity contribution in [3.8, 4) is 17.1 Å². The number of hydrogen-bond acceptors (Lipinski definition) is 8. The van der Waals surface area contributed by atoms with E-state index < -0.39 is 4.92 Å². The molecule has 0 aliphatic carbocycles. The molecular weight excluding hydrogens is 530 g/mol. The van der Waals surface area contributed by atoms with Gasteiger partial charge in [0.25, 0.3) is 5.69 Å². The maximum absolute atomic E-state index is 11.3. The lowest BCUT2D eigenvalue weighted by Crippen LogP contribution is -2.36. The number of non-ortho nitro benzene ring substituents is 1. The topological polar surface area (TPSA) is 106 Å². The normalized spacial score (nSPS) is 19.0. The van der Waals surface area contributed by atoms with Gasteiger partial charge in [0.15, 0.2) is 5.11 Å². The lowest BCUT2D eigenvalue weighted by atomic mass is 10.0. The number of furan rings is 1. The van der Waals surface area contributed by atoms with Gasteiger partial charge in [0.2, 0.25) is 0 Å². The Balaban J connectivity index is 1.38. The summed E-state index contributed by atoms with van der Waals surface area (Å²) in [5.74, 6) is 1.55. The number of nitro groups is 1. The SMILES string of the molecule is COc1cc([N+](=O)[O-])ccc1-c1ccc([C@@H]2[C@@H](c3ccccn3)NC(=S)N2c2ccc(N3CCOCC3)cc2)o1. The number of anilines is 2. The molecule has 10 nitrogen and oxygen atoms in total. The fraction of sp³-hybridized carbons (Fsp3) is 0.241. The minimum atomic E-state index is -0.454. The first-order valence-electron chi connectivity index (χ1n) is 12.9. The summed E-state index contributed by atoms with van der Waals surface area (Å²) in [5.41, 5.74) is 3.44. The number of methoxy groups -OCH3 is 1. The molecule has 2 atom stereocenters. The third-order valence-electron chi connectivity index (χ3n) is 7.18. The Kier molecular flexibility index (Phi) is 7.06. The summed E-state index contributed by atoms with van der Waals surface area (Å²) >= 11 is 5.85. The summed E-state index contributed by atoms with van der Waals surface area (Å²) in [4.78, 5) is 19.8. The monoisotopic (exact) mass is 557 g/mol. The summed E-state index contributed by atoms with van der Waals surface area (Å²) in [7, 11) is 1.48. The van der Waals surface area contributed by atoms with Crippen molar-refractivity contribution in [1.82, 2.24) is 10.3 Å². The van der Waals surface area contributed by atoms with Crippen LogP contribution < -0.4 is 19.9 Å². The highest BCUT2D eigenvalue weighted by Crippen LogP contribution is 2.44. The first-order chi connectivity index (χ1) is 19.5. The fourth-order valence-electron chi connectivity index (χ4n) is 5.22. The standard InChI is InChI=1S/C29H27N5O5S/c1-37-26-18-21(34(35)36)9-10-22(26)24-11-12-25(39-24)28-27(23-4-2-3-13-30-23)31-29(40)33(28)20-7-5-19(6-8-20)32-14-16-38-17-15-32/h2-13,18,27-28H,14-17H2,1H3,(H,31,40)/t27-,28-/m1/s1. The highest BCUT2D eigenvalue weighted by Gasteiger charge is 2.42. The number of aromatic nitrogens is 1. The number of morpholine rings is 1. The minimum absolute atomic E-state index is 0.0559. The zero-order valence-electron chi connectivity index (χ0n) is 21.7. The molecule has 2 saturated heterocycles. The van der Waals surface area contributed by atoms with Crippen LogP contribution in [0.25, 0.3) is 11.3 Å². The van der Waals surface area contributed by atoms with E-state index in [1.165, 1.54) is 19.2 Å². The van der Waals surface area contributed by atoms with E-state index in [-0.39, 0.29) is 17.8 Å². The molecule has 2 aliphatic heterocycles. The quantitative estimate of drug-likeness (QED) is 0.183. The number of ether oxygens (including phenoxy) is 2. The van der Waals surface area contributed by atoms with Gasteiger partial charge in [-0.3, -0.25) is 15.1 Å². The van der Waals surface area contributed by atoms with E-state index in [1.54, 1.807) is 12.3 Å². The Morgan fingerprint density at radius 1 is 1.05 bits per heavy atom. The minimum Gasteiger partial charge on any atom is -0.496 e. The van der Waals surface area contributed by atoms with Crippen LogP contribution in [0.1, 0.15) is 23.5 Å². The molecule has 4 heterocycles. The van der Waals surface area contributed by atoms with Crippen molar-refractivity contribution >= 4 is 34.4 Å². The Labute approximate surface area is 236 Å². The molecule has 0 bridgehead atoms. The third-order valence-corrected chi connectivity index (χ3v) is 7.50. The molecule has 2 fully saturated rings. The third kappa shape index (κ3) is 4.85. The highest BCUT2D eigenvalue weighted by molar-refractivity contribution is 7.80. The zero-order valence-corrected chi connectivity index (χ0v) is 22.5. The number of nitro benzene ring substituents is 1. The van der Waals surface area contributed by atoms with E-state index in [9.17, 15) is 10.1 Å². The van der Waals surface area contributed by atoms with E-state index in [0.717, 1.165) is 43.4 Å². The van der Waals surface area contributed by atoms with Gasteiger partial charge in [0.05, 0.1) is 48.6 Å². The Morgan fingerprint density at radius 2 is 1.82 bits per heavy atom. The first-order valence-corrected chi connectivity index (χ1v) is 13.3. The predicted octanol–water partition coefficient (Wildman–Crippen LogP) is 5.27. The van der Waals surface area contributed by atoms with E-state index in [1.807, 2.05) is 35.2 Å². The molecule has 11 heteroatoms. The van der Waals surface area contributed by atoms with Gasteiger partial charge in [0, 0.05) is 36.7 Å². The lowest BCUT2D eigenvalue weighted by molar-refractivity contribution is -0.384. The number of nitrogens with one attached hydrogen (secondary N) is 1. The van der Waals surface area contributed by atoms with Gasteiger partial charge in [-0.15, -0.1) is 0 Å². The zero-order chi connectivity index (χ0) is 27.6. The van der Waals surface area contributed by atoms with Crippen LogP contribution in [0, 0.1) is 10.1 Å². The number of pyridine rings is 1. The van der Waals surface area contributed by atoms with Gasteiger partial charge in [-0.05, 0) is 66.8 Å². The molecule has 0 radical (unpaired) electrons. The Morgan fingerprint density at radius 3 is 2.52 bits per heavy atom. The van der Waals surface area contributed by atoms with Crippen molar-refractivity contribution in [2.45, 2.75) is 12.1 Å². The number of benzene rings is 2. The van der Waals surface area contributed by atoms with Gasteiger partial charge >= 0.3 is 0 Å². The smallest absolute Gasteiger partial charge is 0.273 e. The highest BCUT2D eigenvalue weighted by atomic mass is 32.1. The average molecular weight is 558 g/mol. The summed E-state index contributed by atoms with van der Waals surface area (Å²) in [6, 6.07) is 21.7. The van der Waals surface area contributed by atoms with Crippen LogP contribution in [-0.4, -0.2) is 48.4 Å². The fourth-order valence-corrected chi connectivity index (χ4v) is 5.57. The molecule has 204 valence electrons. The lowest BCUT2D eigenvalue weighted by Gasteiger charge is -2.30. The van der Waals surface area contributed by atoms with Crippen LogP contribution in [0.4, 0.5) is 17.1 Å². The molecular formula is C29H27N5O5S. The van der Waals surface area contributed by atoms with E-state index in [0.29, 0.717) is 27.9 Å². The van der Waals surface area contributed by atoms with Gasteiger partial charge < -0.3 is 29.0 Å². The molecule has 40 heavy (non-hydrogen) atoms. The summed E-state index contributed by atoms with van der Waals surface area (Å²) in [6.45, 7) is 3.15. The Hall–Kier alpha value is -4.48. The van der Waals surface area contributed by atoms with Crippen LogP contribution in [-0.2, 0) is 4.74 Å². The summed E-state index contributed by atoms with van der Waals surface area (Å²) in [6.07, 6.45) is 1.76. The Bertz CT molecular complexity index is 1520. The molecule has 0 spiro atoms. The predicted molar refractivity (Wildman–Crippen MR) is 155 cm³/mol. The number of rotatable bonds is 7. The maximum Gasteiger partial charge on any atom is 0.273 e. The molecule has 0 unspecified atom stereocenters. The van der Waals surface area contributed by atoms with Crippen LogP contribution in [0.2, 0.25) is 0 Å². The van der Waals surface area contributed by atoms with Crippen LogP contribution >= 0.6 is 12.2 Å². The average Bonchev–Trinajstić information content (AvgIpc) is 3.62. The van der Waals surface area contributed by atoms with Crippen LogP contribution in [0.5, 0.6) is 5.75 Å². The van der Waals surface area contributed by atoms with E-state index >= 15 is 0 Å². The number of thiocarbonyl (C=S) groups is 1. The second kappa shape index (κ2) is 10.9. The largest absolute Gasteiger partial charge is 0.496 e. The van der Waals surface area contributed by atoms with Gasteiger partial charge in [-0.1, -0.05) is 6.07 Å². The molecule has 4 aromatic rings. The van der Waals surface area contributed by atoms with Crippen molar-refractivity contribution in [2.24, 2.45) is 0 Å². The van der Waals surface area contributed by atoms with Crippen molar-refractivity contribution in [1.29, 1.82) is 0 Å². The second-order valence-corrected chi connectivity index (χ2v) is 9.84. The van der Waals surface area contributed by atoms with Crippen LogP contribution in [0.15, 0.2) is 83.4 Å². The van der Waals surface area contributed by atoms with Gasteiger partial charge in [-0.25, -0.2) is 0 Å². The first kappa shape index (κ1) is 25.8. The molecule has 2 aromatic heterocycles. The molecule has 2 aromatic carbocycles. The molecule has 0 saturated carbocycles. The van der Waals surface area contributed by atoms with Crippen molar-refractivity contribution in [2.75, 3.05) is 43.2 Å². The van der Waals surface area contributed by atoms with Crippen molar-refractivity contribution < 1.29 is 18.8 Å². The van der Waals surface area contributed by atoms with Crippen molar-refractivity contribution in [3.05, 3.63) is 101 Å². The second-order valence-electron chi connectivity index (χ2n) is 9.46. The van der Waals surface area contributed by atoms with E-state index in [4.69, 9.17) is 26.1 Å². The molecule has 1 N–H and O–H groups in total. The maximum atomic E-state index is 11.3. The number of nitrogens with zero attached hydrogens (tertiary/aromatic N) is 4. The van der Waals surface area contributed by atoms with E-state index in [2.05, 4.69) is 39.5 Å². The molecule has 6 rings (SSSR count).